The Morgan fingerprint density at radius 1 is 1.25 bits per heavy atom. The van der Waals surface area contributed by atoms with E-state index in [-0.39, 0.29) is 12.5 Å². The van der Waals surface area contributed by atoms with E-state index in [0.717, 1.165) is 39.1 Å². The lowest BCUT2D eigenvalue weighted by Crippen LogP contribution is -2.50. The fourth-order valence-corrected chi connectivity index (χ4v) is 3.69. The van der Waals surface area contributed by atoms with E-state index in [1.807, 2.05) is 17.0 Å². The number of aromatic nitrogens is 2. The summed E-state index contributed by atoms with van der Waals surface area (Å²) in [5.41, 5.74) is 0.565. The van der Waals surface area contributed by atoms with Crippen LogP contribution >= 0.6 is 0 Å². The van der Waals surface area contributed by atoms with Gasteiger partial charge in [-0.3, -0.25) is 9.69 Å². The molecular weight excluding hydrogens is 360 g/mol. The number of piperazine rings is 1. The number of benzene rings is 1. The van der Waals surface area contributed by atoms with Crippen LogP contribution in [0.3, 0.4) is 0 Å². The highest BCUT2D eigenvalue weighted by atomic mass is 16.5. The van der Waals surface area contributed by atoms with E-state index in [0.29, 0.717) is 42.2 Å². The van der Waals surface area contributed by atoms with Crippen molar-refractivity contribution in [2.24, 2.45) is 0 Å². The Hall–Kier alpha value is -2.45. The Bertz CT molecular complexity index is 795. The molecule has 2 aromatic rings. The molecule has 0 bridgehead atoms. The molecule has 2 aliphatic heterocycles. The molecule has 0 saturated carbocycles. The number of amides is 1. The van der Waals surface area contributed by atoms with Crippen molar-refractivity contribution in [3.63, 3.8) is 0 Å². The second-order valence-electron chi connectivity index (χ2n) is 7.24. The van der Waals surface area contributed by atoms with Gasteiger partial charge in [0.05, 0.1) is 11.7 Å². The number of hydrogen-bond donors (Lipinski definition) is 0. The minimum atomic E-state index is -0.00309. The fraction of sp³-hybridized carbons (Fsp3) is 0.550. The molecule has 1 atom stereocenters. The molecular formula is C20H26N4O4. The fourth-order valence-electron chi connectivity index (χ4n) is 3.69. The van der Waals surface area contributed by atoms with Crippen LogP contribution in [0.5, 0.6) is 5.75 Å². The molecule has 0 spiro atoms. The first-order valence-corrected chi connectivity index (χ1v) is 9.83. The van der Waals surface area contributed by atoms with Gasteiger partial charge in [0.25, 0.3) is 5.91 Å². The molecule has 1 unspecified atom stereocenters. The normalized spacial score (nSPS) is 20.5. The summed E-state index contributed by atoms with van der Waals surface area (Å²) in [4.78, 5) is 21.5. The third kappa shape index (κ3) is 4.51. The van der Waals surface area contributed by atoms with Gasteiger partial charge < -0.3 is 18.9 Å². The number of aryl methyl sites for hydroxylation is 1. The first kappa shape index (κ1) is 18.9. The van der Waals surface area contributed by atoms with Gasteiger partial charge >= 0.3 is 0 Å². The van der Waals surface area contributed by atoms with Crippen molar-refractivity contribution in [2.75, 3.05) is 39.3 Å². The minimum absolute atomic E-state index is 0.00309. The summed E-state index contributed by atoms with van der Waals surface area (Å²) in [5.74, 6) is 1.49. The van der Waals surface area contributed by atoms with Crippen molar-refractivity contribution in [1.82, 2.24) is 19.9 Å². The van der Waals surface area contributed by atoms with Crippen LogP contribution in [0.25, 0.3) is 0 Å². The summed E-state index contributed by atoms with van der Waals surface area (Å²) in [6, 6.07) is 7.31. The standard InChI is InChI=1S/C20H26N4O4/c1-15-21-19(22-28-15)14-27-18-7-3-2-6-17(18)20(25)24-10-8-23(9-11-24)13-16-5-4-12-26-16/h2-3,6-7,16H,4-5,8-14H2,1H3. The lowest BCUT2D eigenvalue weighted by atomic mass is 10.1. The highest BCUT2D eigenvalue weighted by molar-refractivity contribution is 5.97. The highest BCUT2D eigenvalue weighted by Gasteiger charge is 2.26. The third-order valence-electron chi connectivity index (χ3n) is 5.19. The van der Waals surface area contributed by atoms with Gasteiger partial charge in [0.2, 0.25) is 11.7 Å². The van der Waals surface area contributed by atoms with Gasteiger partial charge in [-0.25, -0.2) is 0 Å². The average molecular weight is 386 g/mol. The van der Waals surface area contributed by atoms with E-state index < -0.39 is 0 Å². The van der Waals surface area contributed by atoms with Crippen molar-refractivity contribution in [3.05, 3.63) is 41.5 Å². The Morgan fingerprint density at radius 3 is 2.79 bits per heavy atom. The molecule has 4 rings (SSSR count). The maximum absolute atomic E-state index is 13.0. The van der Waals surface area contributed by atoms with Gasteiger partial charge in [-0.2, -0.15) is 4.98 Å². The summed E-state index contributed by atoms with van der Waals surface area (Å²) in [6.07, 6.45) is 2.65. The van der Waals surface area contributed by atoms with Crippen LogP contribution in [0.15, 0.2) is 28.8 Å². The smallest absolute Gasteiger partial charge is 0.257 e. The molecule has 2 fully saturated rings. The maximum Gasteiger partial charge on any atom is 0.257 e. The van der Waals surface area contributed by atoms with Gasteiger partial charge in [0, 0.05) is 46.3 Å². The molecule has 8 heteroatoms. The molecule has 28 heavy (non-hydrogen) atoms. The van der Waals surface area contributed by atoms with Crippen molar-refractivity contribution < 1.29 is 18.8 Å². The number of para-hydroxylation sites is 1. The number of hydrogen-bond acceptors (Lipinski definition) is 7. The third-order valence-corrected chi connectivity index (χ3v) is 5.19. The molecule has 0 radical (unpaired) electrons. The number of ether oxygens (including phenoxy) is 2. The zero-order chi connectivity index (χ0) is 19.3. The van der Waals surface area contributed by atoms with Crippen molar-refractivity contribution in [2.45, 2.75) is 32.5 Å². The van der Waals surface area contributed by atoms with E-state index in [9.17, 15) is 4.79 Å². The van der Waals surface area contributed by atoms with Gasteiger partial charge in [0.1, 0.15) is 5.75 Å². The second kappa shape index (κ2) is 8.70. The predicted octanol–water partition coefficient (Wildman–Crippen LogP) is 1.89. The molecule has 8 nitrogen and oxygen atoms in total. The summed E-state index contributed by atoms with van der Waals surface area (Å²) >= 11 is 0. The zero-order valence-electron chi connectivity index (χ0n) is 16.2. The molecule has 150 valence electrons. The number of carbonyl (C=O) groups excluding carboxylic acids is 1. The monoisotopic (exact) mass is 386 g/mol. The van der Waals surface area contributed by atoms with Gasteiger partial charge in [-0.15, -0.1) is 0 Å². The number of nitrogens with zero attached hydrogens (tertiary/aromatic N) is 4. The first-order chi connectivity index (χ1) is 13.7. The summed E-state index contributed by atoms with van der Waals surface area (Å²) in [5, 5.41) is 3.82. The summed E-state index contributed by atoms with van der Waals surface area (Å²) in [7, 11) is 0. The van der Waals surface area contributed by atoms with E-state index in [4.69, 9.17) is 14.0 Å². The van der Waals surface area contributed by atoms with E-state index >= 15 is 0 Å². The molecule has 3 heterocycles. The van der Waals surface area contributed by atoms with Crippen LogP contribution in [0.1, 0.15) is 34.9 Å². The van der Waals surface area contributed by atoms with E-state index in [1.165, 1.54) is 0 Å². The zero-order valence-corrected chi connectivity index (χ0v) is 16.2. The van der Waals surface area contributed by atoms with Crippen LogP contribution in [0.2, 0.25) is 0 Å². The molecule has 1 aromatic heterocycles. The van der Waals surface area contributed by atoms with Crippen LogP contribution in [0.4, 0.5) is 0 Å². The Labute approximate surface area is 164 Å². The molecule has 0 aliphatic carbocycles. The quantitative estimate of drug-likeness (QED) is 0.750. The van der Waals surface area contributed by atoms with Crippen LogP contribution in [0, 0.1) is 6.92 Å². The topological polar surface area (TPSA) is 80.9 Å². The molecule has 2 aliphatic rings. The number of rotatable bonds is 6. The van der Waals surface area contributed by atoms with Crippen LogP contribution < -0.4 is 4.74 Å². The van der Waals surface area contributed by atoms with E-state index in [2.05, 4.69) is 15.0 Å². The largest absolute Gasteiger partial charge is 0.485 e. The van der Waals surface area contributed by atoms with Crippen LogP contribution in [-0.4, -0.2) is 71.3 Å². The Kier molecular flexibility index (Phi) is 5.87. The predicted molar refractivity (Wildman–Crippen MR) is 101 cm³/mol. The lowest BCUT2D eigenvalue weighted by Gasteiger charge is -2.35. The Balaban J connectivity index is 1.34. The molecule has 1 amide bonds. The molecule has 2 saturated heterocycles. The van der Waals surface area contributed by atoms with Crippen LogP contribution in [-0.2, 0) is 11.3 Å². The SMILES string of the molecule is Cc1nc(COc2ccccc2C(=O)N2CCN(CC3CCCO3)CC2)no1. The summed E-state index contributed by atoms with van der Waals surface area (Å²) in [6.45, 7) is 6.90. The molecule has 1 aromatic carbocycles. The highest BCUT2D eigenvalue weighted by Crippen LogP contribution is 2.22. The van der Waals surface area contributed by atoms with Gasteiger partial charge in [0.15, 0.2) is 6.61 Å². The van der Waals surface area contributed by atoms with Gasteiger partial charge in [-0.1, -0.05) is 17.3 Å². The maximum atomic E-state index is 13.0. The van der Waals surface area contributed by atoms with Crippen molar-refractivity contribution in [1.29, 1.82) is 0 Å². The van der Waals surface area contributed by atoms with E-state index in [1.54, 1.807) is 19.1 Å². The lowest BCUT2D eigenvalue weighted by molar-refractivity contribution is 0.0430. The number of carbonyl (C=O) groups is 1. The average Bonchev–Trinajstić information content (AvgIpc) is 3.38. The first-order valence-electron chi connectivity index (χ1n) is 9.83. The van der Waals surface area contributed by atoms with Crippen molar-refractivity contribution >= 4 is 5.91 Å². The minimum Gasteiger partial charge on any atom is -0.485 e. The van der Waals surface area contributed by atoms with Crippen molar-refractivity contribution in [3.8, 4) is 5.75 Å². The van der Waals surface area contributed by atoms with Gasteiger partial charge in [-0.05, 0) is 25.0 Å². The Morgan fingerprint density at radius 2 is 2.07 bits per heavy atom. The summed E-state index contributed by atoms with van der Waals surface area (Å²) < 4.78 is 16.5. The molecule has 0 N–H and O–H groups in total. The second-order valence-corrected chi connectivity index (χ2v) is 7.24.